The molecule has 2 aromatic rings. The fourth-order valence-corrected chi connectivity index (χ4v) is 2.06. The van der Waals surface area contributed by atoms with Crippen molar-refractivity contribution in [3.63, 3.8) is 0 Å². The molecule has 0 aliphatic rings. The smallest absolute Gasteiger partial charge is 0.306 e. The van der Waals surface area contributed by atoms with Crippen molar-refractivity contribution in [3.05, 3.63) is 42.1 Å². The van der Waals surface area contributed by atoms with Crippen LogP contribution in [0.15, 0.2) is 36.5 Å². The maximum Gasteiger partial charge on any atom is 0.306 e. The average Bonchev–Trinajstić information content (AvgIpc) is 2.44. The van der Waals surface area contributed by atoms with E-state index in [1.54, 1.807) is 6.20 Å². The van der Waals surface area contributed by atoms with E-state index in [1.165, 1.54) is 7.11 Å². The topological polar surface area (TPSA) is 65.2 Å². The fraction of sp³-hybridized carbons (Fsp3) is 0.286. The number of hydrogen-bond acceptors (Lipinski definition) is 4. The summed E-state index contributed by atoms with van der Waals surface area (Å²) in [4.78, 5) is 15.8. The van der Waals surface area contributed by atoms with Crippen LogP contribution in [0.2, 0.25) is 0 Å². The lowest BCUT2D eigenvalue weighted by Crippen LogP contribution is -2.17. The van der Waals surface area contributed by atoms with Gasteiger partial charge in [0.25, 0.3) is 0 Å². The van der Waals surface area contributed by atoms with Crippen molar-refractivity contribution in [2.75, 3.05) is 13.7 Å². The molecular formula is C14H16N2O2. The van der Waals surface area contributed by atoms with E-state index in [9.17, 15) is 4.79 Å². The van der Waals surface area contributed by atoms with Crippen molar-refractivity contribution in [2.24, 2.45) is 5.73 Å². The van der Waals surface area contributed by atoms with Crippen LogP contribution < -0.4 is 5.73 Å². The normalized spacial score (nSPS) is 12.3. The summed E-state index contributed by atoms with van der Waals surface area (Å²) in [6, 6.07) is 9.81. The Hall–Kier alpha value is -1.94. The first kappa shape index (κ1) is 12.5. The van der Waals surface area contributed by atoms with Crippen molar-refractivity contribution in [2.45, 2.75) is 12.3 Å². The summed E-state index contributed by atoms with van der Waals surface area (Å²) in [5.74, 6) is -0.311. The highest BCUT2D eigenvalue weighted by atomic mass is 16.5. The van der Waals surface area contributed by atoms with Gasteiger partial charge in [-0.3, -0.25) is 9.78 Å². The van der Waals surface area contributed by atoms with E-state index in [0.717, 1.165) is 16.5 Å². The molecule has 1 heterocycles. The van der Waals surface area contributed by atoms with Gasteiger partial charge in [0.1, 0.15) is 0 Å². The summed E-state index contributed by atoms with van der Waals surface area (Å²) >= 11 is 0. The maximum absolute atomic E-state index is 11.4. The van der Waals surface area contributed by atoms with Crippen LogP contribution >= 0.6 is 0 Å². The first-order chi connectivity index (χ1) is 8.76. The predicted octanol–water partition coefficient (Wildman–Crippen LogP) is 1.84. The number of nitrogens with zero attached hydrogens (tertiary/aromatic N) is 1. The molecule has 2 N–H and O–H groups in total. The summed E-state index contributed by atoms with van der Waals surface area (Å²) in [7, 11) is 1.39. The van der Waals surface area contributed by atoms with Crippen molar-refractivity contribution < 1.29 is 9.53 Å². The number of ether oxygens (including phenoxy) is 1. The van der Waals surface area contributed by atoms with Crippen LogP contribution in [0.5, 0.6) is 0 Å². The number of methoxy groups -OCH3 is 1. The minimum atomic E-state index is -0.251. The van der Waals surface area contributed by atoms with Crippen molar-refractivity contribution in [3.8, 4) is 0 Å². The lowest BCUT2D eigenvalue weighted by molar-refractivity contribution is -0.141. The first-order valence-corrected chi connectivity index (χ1v) is 5.86. The Balaban J connectivity index is 2.41. The zero-order valence-electron chi connectivity index (χ0n) is 10.3. The molecular weight excluding hydrogens is 228 g/mol. The summed E-state index contributed by atoms with van der Waals surface area (Å²) < 4.78 is 4.70. The second kappa shape index (κ2) is 5.60. The zero-order valence-corrected chi connectivity index (χ0v) is 10.3. The van der Waals surface area contributed by atoms with E-state index in [4.69, 9.17) is 10.5 Å². The monoisotopic (exact) mass is 244 g/mol. The fourth-order valence-electron chi connectivity index (χ4n) is 2.06. The quantitative estimate of drug-likeness (QED) is 0.833. The molecule has 0 saturated heterocycles. The number of pyridine rings is 1. The van der Waals surface area contributed by atoms with Crippen LogP contribution in [-0.2, 0) is 9.53 Å². The molecule has 1 atom stereocenters. The lowest BCUT2D eigenvalue weighted by atomic mass is 9.93. The van der Waals surface area contributed by atoms with Crippen LogP contribution in [-0.4, -0.2) is 24.6 Å². The average molecular weight is 244 g/mol. The molecule has 0 saturated carbocycles. The molecule has 4 nitrogen and oxygen atoms in total. The third-order valence-electron chi connectivity index (χ3n) is 3.03. The van der Waals surface area contributed by atoms with Gasteiger partial charge in [-0.15, -0.1) is 0 Å². The zero-order chi connectivity index (χ0) is 13.0. The predicted molar refractivity (Wildman–Crippen MR) is 70.2 cm³/mol. The van der Waals surface area contributed by atoms with E-state index in [-0.39, 0.29) is 18.3 Å². The van der Waals surface area contributed by atoms with Crippen LogP contribution in [0.4, 0.5) is 0 Å². The second-order valence-corrected chi connectivity index (χ2v) is 4.14. The second-order valence-electron chi connectivity index (χ2n) is 4.14. The number of hydrogen-bond donors (Lipinski definition) is 1. The highest BCUT2D eigenvalue weighted by Gasteiger charge is 2.17. The van der Waals surface area contributed by atoms with Crippen LogP contribution in [0.25, 0.3) is 10.9 Å². The number of carbonyl (C=O) groups excluding carboxylic acids is 1. The molecule has 0 aliphatic carbocycles. The number of para-hydroxylation sites is 1. The van der Waals surface area contributed by atoms with E-state index in [1.807, 2.05) is 30.3 Å². The molecule has 2 rings (SSSR count). The van der Waals surface area contributed by atoms with Gasteiger partial charge in [0.2, 0.25) is 0 Å². The van der Waals surface area contributed by atoms with Crippen LogP contribution in [0.1, 0.15) is 17.9 Å². The summed E-state index contributed by atoms with van der Waals surface area (Å²) in [5, 5.41) is 1.05. The number of esters is 1. The number of carbonyl (C=O) groups is 1. The van der Waals surface area contributed by atoms with Gasteiger partial charge in [-0.1, -0.05) is 24.3 Å². The van der Waals surface area contributed by atoms with Crippen molar-refractivity contribution in [1.82, 2.24) is 4.98 Å². The van der Waals surface area contributed by atoms with Crippen molar-refractivity contribution >= 4 is 16.9 Å². The molecule has 94 valence electrons. The van der Waals surface area contributed by atoms with Gasteiger partial charge < -0.3 is 10.5 Å². The van der Waals surface area contributed by atoms with Gasteiger partial charge in [-0.25, -0.2) is 0 Å². The SMILES string of the molecule is COC(=O)CC(CN)c1cccc2cccnc12. The first-order valence-electron chi connectivity index (χ1n) is 5.86. The van der Waals surface area contributed by atoms with E-state index in [0.29, 0.717) is 6.54 Å². The highest BCUT2D eigenvalue weighted by Crippen LogP contribution is 2.25. The minimum absolute atomic E-state index is 0.0592. The van der Waals surface area contributed by atoms with E-state index in [2.05, 4.69) is 4.98 Å². The molecule has 0 amide bonds. The number of rotatable bonds is 4. The van der Waals surface area contributed by atoms with E-state index >= 15 is 0 Å². The number of nitrogens with two attached hydrogens (primary N) is 1. The third-order valence-corrected chi connectivity index (χ3v) is 3.03. The highest BCUT2D eigenvalue weighted by molar-refractivity contribution is 5.83. The van der Waals surface area contributed by atoms with Gasteiger partial charge in [0, 0.05) is 17.5 Å². The molecule has 18 heavy (non-hydrogen) atoms. The van der Waals surface area contributed by atoms with Gasteiger partial charge in [-0.05, 0) is 18.2 Å². The van der Waals surface area contributed by atoms with Gasteiger partial charge in [0.05, 0.1) is 19.0 Å². The van der Waals surface area contributed by atoms with E-state index < -0.39 is 0 Å². The molecule has 0 aliphatic heterocycles. The van der Waals surface area contributed by atoms with Gasteiger partial charge in [0.15, 0.2) is 0 Å². The molecule has 4 heteroatoms. The minimum Gasteiger partial charge on any atom is -0.469 e. The Morgan fingerprint density at radius 1 is 1.39 bits per heavy atom. The summed E-state index contributed by atoms with van der Waals surface area (Å²) in [6.45, 7) is 0.394. The number of fused-ring (bicyclic) bond motifs is 1. The largest absolute Gasteiger partial charge is 0.469 e. The Bertz CT molecular complexity index is 549. The maximum atomic E-state index is 11.4. The Morgan fingerprint density at radius 3 is 2.89 bits per heavy atom. The summed E-state index contributed by atoms with van der Waals surface area (Å²) in [5.41, 5.74) is 7.67. The summed E-state index contributed by atoms with van der Waals surface area (Å²) in [6.07, 6.45) is 2.03. The van der Waals surface area contributed by atoms with Crippen LogP contribution in [0, 0.1) is 0 Å². The molecule has 1 aromatic heterocycles. The number of benzene rings is 1. The molecule has 0 radical (unpaired) electrons. The lowest BCUT2D eigenvalue weighted by Gasteiger charge is -2.15. The molecule has 0 spiro atoms. The van der Waals surface area contributed by atoms with Crippen LogP contribution in [0.3, 0.4) is 0 Å². The van der Waals surface area contributed by atoms with Gasteiger partial charge in [-0.2, -0.15) is 0 Å². The van der Waals surface area contributed by atoms with Gasteiger partial charge >= 0.3 is 5.97 Å². The molecule has 1 aromatic carbocycles. The standard InChI is InChI=1S/C14H16N2O2/c1-18-13(17)8-11(9-15)12-6-2-4-10-5-3-7-16-14(10)12/h2-7,11H,8-9,15H2,1H3. The molecule has 0 bridgehead atoms. The molecule has 0 fully saturated rings. The number of aromatic nitrogens is 1. The third kappa shape index (κ3) is 2.49. The Labute approximate surface area is 106 Å². The Kier molecular flexibility index (Phi) is 3.89. The van der Waals surface area contributed by atoms with Crippen molar-refractivity contribution in [1.29, 1.82) is 0 Å². The molecule has 1 unspecified atom stereocenters. The Morgan fingerprint density at radius 2 is 2.17 bits per heavy atom.